The van der Waals surface area contributed by atoms with Crippen molar-refractivity contribution in [2.24, 2.45) is 5.41 Å². The average molecular weight is 394 g/mol. The number of aromatic nitrogens is 1. The minimum atomic E-state index is -0.754. The maximum atomic E-state index is 13.1. The third kappa shape index (κ3) is 4.46. The van der Waals surface area contributed by atoms with Gasteiger partial charge in [-0.25, -0.2) is 4.98 Å². The number of carbonyl (C=O) groups is 2. The van der Waals surface area contributed by atoms with Gasteiger partial charge < -0.3 is 10.1 Å². The normalized spacial score (nSPS) is 12.2. The largest absolute Gasteiger partial charge is 0.427 e. The third-order valence-corrected chi connectivity index (χ3v) is 5.26. The standard InChI is InChI=1S/C22H22N2O3S/c1-15(25)27-18-11-9-17(10-12-18)19(16-7-5-4-6-8-16)22(2,3)20(26)24-21-23-13-14-28-21/h4-14,19H,1-3H3,(H,23,24,26)/t19-/m1/s1. The van der Waals surface area contributed by atoms with Crippen LogP contribution in [0, 0.1) is 5.41 Å². The molecule has 5 nitrogen and oxygen atoms in total. The highest BCUT2D eigenvalue weighted by atomic mass is 32.1. The molecule has 0 bridgehead atoms. The fourth-order valence-electron chi connectivity index (χ4n) is 3.24. The van der Waals surface area contributed by atoms with Gasteiger partial charge in [-0.3, -0.25) is 9.59 Å². The molecule has 0 aliphatic rings. The number of anilines is 1. The summed E-state index contributed by atoms with van der Waals surface area (Å²) in [6.07, 6.45) is 1.66. The molecule has 0 radical (unpaired) electrons. The molecule has 28 heavy (non-hydrogen) atoms. The van der Waals surface area contributed by atoms with Crippen LogP contribution in [-0.2, 0) is 9.59 Å². The molecule has 3 aromatic rings. The molecular weight excluding hydrogens is 372 g/mol. The van der Waals surface area contributed by atoms with Gasteiger partial charge in [0.05, 0.1) is 5.41 Å². The first-order chi connectivity index (χ1) is 13.4. The summed E-state index contributed by atoms with van der Waals surface area (Å²) >= 11 is 1.39. The Labute approximate surface area is 168 Å². The number of benzene rings is 2. The Balaban J connectivity index is 1.97. The quantitative estimate of drug-likeness (QED) is 0.479. The molecule has 0 fully saturated rings. The highest BCUT2D eigenvalue weighted by Crippen LogP contribution is 2.42. The van der Waals surface area contributed by atoms with Gasteiger partial charge in [0.2, 0.25) is 5.91 Å². The van der Waals surface area contributed by atoms with Gasteiger partial charge in [0.1, 0.15) is 5.75 Å². The lowest BCUT2D eigenvalue weighted by Crippen LogP contribution is -2.37. The number of nitrogens with one attached hydrogen (secondary N) is 1. The summed E-state index contributed by atoms with van der Waals surface area (Å²) in [4.78, 5) is 28.4. The van der Waals surface area contributed by atoms with Crippen molar-refractivity contribution < 1.29 is 14.3 Å². The molecule has 3 rings (SSSR count). The zero-order valence-corrected chi connectivity index (χ0v) is 16.8. The van der Waals surface area contributed by atoms with Crippen molar-refractivity contribution in [1.29, 1.82) is 0 Å². The number of rotatable bonds is 6. The second-order valence-corrected chi connectivity index (χ2v) is 7.91. The van der Waals surface area contributed by atoms with Crippen molar-refractivity contribution in [2.45, 2.75) is 26.7 Å². The lowest BCUT2D eigenvalue weighted by atomic mass is 9.70. The van der Waals surface area contributed by atoms with E-state index in [1.54, 1.807) is 18.3 Å². The van der Waals surface area contributed by atoms with Gasteiger partial charge in [-0.1, -0.05) is 56.3 Å². The molecule has 0 unspecified atom stereocenters. The van der Waals surface area contributed by atoms with Gasteiger partial charge in [-0.15, -0.1) is 11.3 Å². The van der Waals surface area contributed by atoms with E-state index in [1.807, 2.05) is 61.7 Å². The first kappa shape index (κ1) is 19.8. The van der Waals surface area contributed by atoms with E-state index in [9.17, 15) is 9.59 Å². The molecular formula is C22H22N2O3S. The second-order valence-electron chi connectivity index (χ2n) is 7.02. The van der Waals surface area contributed by atoms with E-state index in [0.29, 0.717) is 10.9 Å². The zero-order chi connectivity index (χ0) is 20.1. The zero-order valence-electron chi connectivity index (χ0n) is 16.0. The predicted octanol–water partition coefficient (Wildman–Crippen LogP) is 4.87. The molecule has 0 saturated carbocycles. The maximum Gasteiger partial charge on any atom is 0.308 e. The van der Waals surface area contributed by atoms with Crippen LogP contribution in [0.15, 0.2) is 66.2 Å². The van der Waals surface area contributed by atoms with Crippen molar-refractivity contribution in [3.8, 4) is 5.75 Å². The van der Waals surface area contributed by atoms with Crippen molar-refractivity contribution >= 4 is 28.3 Å². The molecule has 1 atom stereocenters. The van der Waals surface area contributed by atoms with Crippen LogP contribution in [0.25, 0.3) is 0 Å². The Kier molecular flexibility index (Phi) is 5.90. The molecule has 2 aromatic carbocycles. The molecule has 1 N–H and O–H groups in total. The van der Waals surface area contributed by atoms with Crippen molar-refractivity contribution in [2.75, 3.05) is 5.32 Å². The van der Waals surface area contributed by atoms with Crippen LogP contribution in [0.3, 0.4) is 0 Å². The first-order valence-corrected chi connectivity index (χ1v) is 9.80. The van der Waals surface area contributed by atoms with E-state index in [1.165, 1.54) is 18.3 Å². The summed E-state index contributed by atoms with van der Waals surface area (Å²) < 4.78 is 5.13. The fourth-order valence-corrected chi connectivity index (χ4v) is 3.76. The summed E-state index contributed by atoms with van der Waals surface area (Å²) in [5.41, 5.74) is 1.24. The number of hydrogen-bond acceptors (Lipinski definition) is 5. The van der Waals surface area contributed by atoms with Crippen LogP contribution in [0.5, 0.6) is 5.75 Å². The Morgan fingerprint density at radius 1 is 1.04 bits per heavy atom. The Morgan fingerprint density at radius 2 is 1.68 bits per heavy atom. The number of carbonyl (C=O) groups excluding carboxylic acids is 2. The van der Waals surface area contributed by atoms with Crippen LogP contribution in [0.4, 0.5) is 5.13 Å². The minimum absolute atomic E-state index is 0.111. The topological polar surface area (TPSA) is 68.3 Å². The monoisotopic (exact) mass is 394 g/mol. The van der Waals surface area contributed by atoms with Gasteiger partial charge in [0.15, 0.2) is 5.13 Å². The molecule has 0 aliphatic heterocycles. The van der Waals surface area contributed by atoms with E-state index < -0.39 is 5.41 Å². The SMILES string of the molecule is CC(=O)Oc1ccc([C@@H](c2ccccc2)C(C)(C)C(=O)Nc2nccs2)cc1. The molecule has 0 spiro atoms. The number of nitrogens with zero attached hydrogens (tertiary/aromatic N) is 1. The van der Waals surface area contributed by atoms with Gasteiger partial charge in [0, 0.05) is 24.4 Å². The summed E-state index contributed by atoms with van der Waals surface area (Å²) in [5.74, 6) is -0.191. The molecule has 1 aromatic heterocycles. The number of ether oxygens (including phenoxy) is 1. The third-order valence-electron chi connectivity index (χ3n) is 4.57. The van der Waals surface area contributed by atoms with Crippen LogP contribution in [0.1, 0.15) is 37.8 Å². The van der Waals surface area contributed by atoms with Gasteiger partial charge in [0.25, 0.3) is 0 Å². The Hall–Kier alpha value is -2.99. The van der Waals surface area contributed by atoms with Gasteiger partial charge >= 0.3 is 5.97 Å². The Morgan fingerprint density at radius 3 is 2.25 bits per heavy atom. The van der Waals surface area contributed by atoms with Crippen molar-refractivity contribution in [1.82, 2.24) is 4.98 Å². The van der Waals surface area contributed by atoms with Crippen LogP contribution in [-0.4, -0.2) is 16.9 Å². The lowest BCUT2D eigenvalue weighted by molar-refractivity contribution is -0.131. The van der Waals surface area contributed by atoms with E-state index in [-0.39, 0.29) is 17.8 Å². The van der Waals surface area contributed by atoms with E-state index >= 15 is 0 Å². The number of hydrogen-bond donors (Lipinski definition) is 1. The number of esters is 1. The smallest absolute Gasteiger partial charge is 0.308 e. The molecule has 1 amide bonds. The minimum Gasteiger partial charge on any atom is -0.427 e. The summed E-state index contributed by atoms with van der Waals surface area (Å²) in [6, 6.07) is 17.2. The van der Waals surface area contributed by atoms with E-state index in [2.05, 4.69) is 10.3 Å². The summed E-state index contributed by atoms with van der Waals surface area (Å²) in [5, 5.41) is 5.32. The molecule has 0 aliphatic carbocycles. The summed E-state index contributed by atoms with van der Waals surface area (Å²) in [6.45, 7) is 5.22. The molecule has 6 heteroatoms. The van der Waals surface area contributed by atoms with Gasteiger partial charge in [-0.2, -0.15) is 0 Å². The van der Waals surface area contributed by atoms with E-state index in [4.69, 9.17) is 4.74 Å². The lowest BCUT2D eigenvalue weighted by Gasteiger charge is -2.33. The highest BCUT2D eigenvalue weighted by Gasteiger charge is 2.39. The molecule has 144 valence electrons. The van der Waals surface area contributed by atoms with Crippen molar-refractivity contribution in [3.05, 3.63) is 77.3 Å². The number of thiazole rings is 1. The molecule has 0 saturated heterocycles. The number of amides is 1. The van der Waals surface area contributed by atoms with Crippen LogP contribution in [0.2, 0.25) is 0 Å². The second kappa shape index (κ2) is 8.35. The highest BCUT2D eigenvalue weighted by molar-refractivity contribution is 7.13. The van der Waals surface area contributed by atoms with E-state index in [0.717, 1.165) is 11.1 Å². The van der Waals surface area contributed by atoms with Crippen molar-refractivity contribution in [3.63, 3.8) is 0 Å². The molecule has 1 heterocycles. The Bertz CT molecular complexity index is 936. The summed E-state index contributed by atoms with van der Waals surface area (Å²) in [7, 11) is 0. The fraction of sp³-hybridized carbons (Fsp3) is 0.227. The predicted molar refractivity (Wildman–Crippen MR) is 111 cm³/mol. The first-order valence-electron chi connectivity index (χ1n) is 8.92. The van der Waals surface area contributed by atoms with Gasteiger partial charge in [-0.05, 0) is 23.3 Å². The maximum absolute atomic E-state index is 13.1. The van der Waals surface area contributed by atoms with Crippen LogP contribution < -0.4 is 10.1 Å². The van der Waals surface area contributed by atoms with Crippen LogP contribution >= 0.6 is 11.3 Å². The average Bonchev–Trinajstić information content (AvgIpc) is 3.17.